The number of rotatable bonds is 4. The van der Waals surface area contributed by atoms with Gasteiger partial charge in [0.25, 0.3) is 0 Å². The Bertz CT molecular complexity index is 110. The maximum atomic E-state index is 12.5. The van der Waals surface area contributed by atoms with Crippen LogP contribution in [-0.2, 0) is 4.74 Å². The van der Waals surface area contributed by atoms with E-state index in [2.05, 4.69) is 4.74 Å². The predicted octanol–water partition coefficient (Wildman–Crippen LogP) is 2.31. The van der Waals surface area contributed by atoms with Crippen LogP contribution in [0.5, 0.6) is 0 Å². The highest BCUT2D eigenvalue weighted by Gasteiger charge is 2.36. The van der Waals surface area contributed by atoms with Crippen LogP contribution in [0.15, 0.2) is 0 Å². The Morgan fingerprint density at radius 2 is 1.27 bits per heavy atom. The molecular weight excluding hydrogens is 164 g/mol. The summed E-state index contributed by atoms with van der Waals surface area (Å²) >= 11 is 0. The van der Waals surface area contributed by atoms with Gasteiger partial charge in [0, 0.05) is 0 Å². The second-order valence-corrected chi connectivity index (χ2v) is 2.57. The third-order valence-corrected chi connectivity index (χ3v) is 0.903. The first-order valence-electron chi connectivity index (χ1n) is 3.03. The van der Waals surface area contributed by atoms with E-state index < -0.39 is 25.1 Å². The van der Waals surface area contributed by atoms with Crippen molar-refractivity contribution >= 4 is 0 Å². The number of hydrogen-bond acceptors (Lipinski definition) is 1. The fourth-order valence-corrected chi connectivity index (χ4v) is 0.498. The van der Waals surface area contributed by atoms with Gasteiger partial charge in [0.05, 0.1) is 0 Å². The number of hydrogen-bond donors (Lipinski definition) is 0. The normalized spacial score (nSPS) is 22.4. The molecule has 5 heteroatoms. The average molecular weight is 174 g/mol. The summed E-state index contributed by atoms with van der Waals surface area (Å²) in [5.74, 6) is -5.51. The van der Waals surface area contributed by atoms with Crippen molar-refractivity contribution < 1.29 is 22.3 Å². The molecule has 0 aliphatic rings. The Kier molecular flexibility index (Phi) is 3.29. The molecule has 0 rings (SSSR count). The van der Waals surface area contributed by atoms with Crippen LogP contribution < -0.4 is 0 Å². The maximum absolute atomic E-state index is 12.5. The van der Waals surface area contributed by atoms with Crippen LogP contribution in [-0.4, -0.2) is 25.1 Å². The van der Waals surface area contributed by atoms with Crippen molar-refractivity contribution in [2.75, 3.05) is 13.3 Å². The zero-order valence-electron chi connectivity index (χ0n) is 6.33. The molecule has 68 valence electrons. The van der Waals surface area contributed by atoms with Crippen LogP contribution in [0.2, 0.25) is 0 Å². The quantitative estimate of drug-likeness (QED) is 0.594. The minimum Gasteiger partial charge on any atom is -0.304 e. The lowest BCUT2D eigenvalue weighted by atomic mass is 10.3. The van der Waals surface area contributed by atoms with Crippen LogP contribution >= 0.6 is 0 Å². The molecule has 2 atom stereocenters. The smallest absolute Gasteiger partial charge is 0.237 e. The van der Waals surface area contributed by atoms with E-state index in [1.807, 2.05) is 0 Å². The highest BCUT2D eigenvalue weighted by molar-refractivity contribution is 4.66. The van der Waals surface area contributed by atoms with Gasteiger partial charge in [-0.25, -0.2) is 17.6 Å². The first kappa shape index (κ1) is 10.7. The minimum atomic E-state index is -2.75. The third kappa shape index (κ3) is 4.19. The Hall–Kier alpha value is -0.320. The van der Waals surface area contributed by atoms with E-state index in [4.69, 9.17) is 0 Å². The summed E-state index contributed by atoms with van der Waals surface area (Å²) in [4.78, 5) is 0. The summed E-state index contributed by atoms with van der Waals surface area (Å²) in [6.07, 6.45) is 0. The van der Waals surface area contributed by atoms with E-state index in [0.29, 0.717) is 13.8 Å². The van der Waals surface area contributed by atoms with E-state index in [0.717, 1.165) is 0 Å². The van der Waals surface area contributed by atoms with Gasteiger partial charge < -0.3 is 4.74 Å². The maximum Gasteiger partial charge on any atom is 0.237 e. The lowest BCUT2D eigenvalue weighted by Gasteiger charge is -2.25. The van der Waals surface area contributed by atoms with Crippen molar-refractivity contribution in [3.05, 3.63) is 0 Å². The van der Waals surface area contributed by atoms with E-state index in [1.54, 1.807) is 0 Å². The Morgan fingerprint density at radius 1 is 1.00 bits per heavy atom. The highest BCUT2D eigenvalue weighted by Crippen LogP contribution is 2.24. The summed E-state index contributed by atoms with van der Waals surface area (Å²) in [6, 6.07) is 0. The summed E-state index contributed by atoms with van der Waals surface area (Å²) in [5, 5.41) is 0. The molecule has 2 unspecified atom stereocenters. The van der Waals surface area contributed by atoms with E-state index in [-0.39, 0.29) is 0 Å². The van der Waals surface area contributed by atoms with Crippen molar-refractivity contribution in [2.45, 2.75) is 25.6 Å². The molecule has 0 aromatic carbocycles. The van der Waals surface area contributed by atoms with Gasteiger partial charge in [-0.15, -0.1) is 0 Å². The Labute approximate surface area is 62.3 Å². The molecule has 11 heavy (non-hydrogen) atoms. The lowest BCUT2D eigenvalue weighted by Crippen LogP contribution is -2.38. The minimum absolute atomic E-state index is 0.695. The molecule has 0 aliphatic carbocycles. The van der Waals surface area contributed by atoms with Gasteiger partial charge >= 0.3 is 0 Å². The first-order valence-corrected chi connectivity index (χ1v) is 3.03. The molecule has 0 aromatic rings. The number of alkyl halides is 4. The molecule has 0 N–H and O–H groups in total. The lowest BCUT2D eigenvalue weighted by molar-refractivity contribution is -0.267. The summed E-state index contributed by atoms with van der Waals surface area (Å²) < 4.78 is 52.1. The fraction of sp³-hybridized carbons (Fsp3) is 1.00. The second-order valence-electron chi connectivity index (χ2n) is 2.57. The van der Waals surface area contributed by atoms with Crippen LogP contribution in [0, 0.1) is 0 Å². The molecule has 0 saturated carbocycles. The summed E-state index contributed by atoms with van der Waals surface area (Å²) in [5.41, 5.74) is 0. The van der Waals surface area contributed by atoms with Crippen LogP contribution in [0.25, 0.3) is 0 Å². The Morgan fingerprint density at radius 3 is 1.45 bits per heavy atom. The molecule has 0 spiro atoms. The largest absolute Gasteiger partial charge is 0.304 e. The summed E-state index contributed by atoms with van der Waals surface area (Å²) in [6.45, 7) is -1.62. The molecule has 1 nitrogen and oxygen atoms in total. The van der Waals surface area contributed by atoms with E-state index >= 15 is 0 Å². The topological polar surface area (TPSA) is 9.23 Å². The zero-order valence-corrected chi connectivity index (χ0v) is 6.33. The number of ether oxygens (including phenoxy) is 1. The Balaban J connectivity index is 4.02. The molecule has 0 heterocycles. The molecule has 0 radical (unpaired) electrons. The van der Waals surface area contributed by atoms with Crippen LogP contribution in [0.4, 0.5) is 17.6 Å². The molecule has 0 amide bonds. The van der Waals surface area contributed by atoms with Crippen LogP contribution in [0.3, 0.4) is 0 Å². The van der Waals surface area contributed by atoms with Gasteiger partial charge in [-0.2, -0.15) is 0 Å². The van der Waals surface area contributed by atoms with Gasteiger partial charge in [-0.1, -0.05) is 0 Å². The molecule has 0 aromatic heterocycles. The van der Waals surface area contributed by atoms with Crippen LogP contribution in [0.1, 0.15) is 13.8 Å². The van der Waals surface area contributed by atoms with E-state index in [9.17, 15) is 17.6 Å². The van der Waals surface area contributed by atoms with Gasteiger partial charge in [0.1, 0.15) is 13.3 Å². The van der Waals surface area contributed by atoms with Gasteiger partial charge in [-0.3, -0.25) is 0 Å². The predicted molar refractivity (Wildman–Crippen MR) is 32.1 cm³/mol. The molecule has 0 fully saturated rings. The molecule has 0 saturated heterocycles. The van der Waals surface area contributed by atoms with Gasteiger partial charge in [-0.05, 0) is 13.8 Å². The highest BCUT2D eigenvalue weighted by atomic mass is 19.2. The van der Waals surface area contributed by atoms with E-state index in [1.165, 1.54) is 0 Å². The standard InChI is InChI=1S/C6H10F4O/c1-5(9,3-7)11-6(2,10)4-8/h3-4H2,1-2H3. The van der Waals surface area contributed by atoms with Gasteiger partial charge in [0.15, 0.2) is 0 Å². The molecule has 0 aliphatic heterocycles. The van der Waals surface area contributed by atoms with Crippen molar-refractivity contribution in [3.63, 3.8) is 0 Å². The molecule has 0 bridgehead atoms. The third-order valence-electron chi connectivity index (χ3n) is 0.903. The van der Waals surface area contributed by atoms with Crippen molar-refractivity contribution in [3.8, 4) is 0 Å². The zero-order chi connectivity index (χ0) is 9.12. The second kappa shape index (κ2) is 3.38. The monoisotopic (exact) mass is 174 g/mol. The fourth-order valence-electron chi connectivity index (χ4n) is 0.498. The SMILES string of the molecule is CC(F)(CF)OC(C)(F)CF. The first-order chi connectivity index (χ1) is 4.83. The average Bonchev–Trinajstić information content (AvgIpc) is 1.86. The summed E-state index contributed by atoms with van der Waals surface area (Å²) in [7, 11) is 0. The molecular formula is C6H10F4O. The van der Waals surface area contributed by atoms with Gasteiger partial charge in [0.2, 0.25) is 11.7 Å². The van der Waals surface area contributed by atoms with Crippen molar-refractivity contribution in [1.29, 1.82) is 0 Å². The number of halogens is 4. The van der Waals surface area contributed by atoms with Crippen molar-refractivity contribution in [1.82, 2.24) is 0 Å². The van der Waals surface area contributed by atoms with Crippen molar-refractivity contribution in [2.24, 2.45) is 0 Å².